The zero-order valence-corrected chi connectivity index (χ0v) is 5.58. The van der Waals surface area contributed by atoms with Crippen molar-refractivity contribution in [1.82, 2.24) is 0 Å². The Morgan fingerprint density at radius 3 is 3.33 bits per heavy atom. The van der Waals surface area contributed by atoms with Crippen molar-refractivity contribution in [3.05, 3.63) is 12.3 Å². The van der Waals surface area contributed by atoms with E-state index < -0.39 is 0 Å². The lowest BCUT2D eigenvalue weighted by Crippen LogP contribution is -2.10. The van der Waals surface area contributed by atoms with Gasteiger partial charge in [-0.25, -0.2) is 0 Å². The van der Waals surface area contributed by atoms with Crippen LogP contribution in [0.3, 0.4) is 0 Å². The molecule has 0 aromatic heterocycles. The van der Waals surface area contributed by atoms with Gasteiger partial charge in [-0.05, 0) is 12.8 Å². The van der Waals surface area contributed by atoms with Crippen LogP contribution in [-0.4, -0.2) is 19.4 Å². The molecule has 2 nitrogen and oxygen atoms in total. The Balaban J connectivity index is 2.41. The molecule has 0 N–H and O–H groups in total. The number of methoxy groups -OCH3 is 1. The molecule has 0 fully saturated rings. The first-order valence-corrected chi connectivity index (χ1v) is 3.14. The van der Waals surface area contributed by atoms with Gasteiger partial charge in [0, 0.05) is 19.5 Å². The van der Waals surface area contributed by atoms with Gasteiger partial charge in [0.2, 0.25) is 0 Å². The van der Waals surface area contributed by atoms with Crippen molar-refractivity contribution in [2.24, 2.45) is 4.99 Å². The average molecular weight is 125 g/mol. The molecule has 0 saturated carbocycles. The average Bonchev–Trinajstić information content (AvgIpc) is 2.13. The number of hydrogen-bond donors (Lipinski definition) is 0. The minimum absolute atomic E-state index is 0.222. The van der Waals surface area contributed by atoms with Gasteiger partial charge < -0.3 is 4.74 Å². The maximum absolute atomic E-state index is 5.08. The number of aliphatic imine (C=N–C) groups is 1. The van der Waals surface area contributed by atoms with Crippen LogP contribution in [0.4, 0.5) is 0 Å². The maximum Gasteiger partial charge on any atom is 0.0925 e. The van der Waals surface area contributed by atoms with E-state index in [-0.39, 0.29) is 6.10 Å². The van der Waals surface area contributed by atoms with E-state index >= 15 is 0 Å². The zero-order chi connectivity index (χ0) is 6.53. The van der Waals surface area contributed by atoms with Crippen LogP contribution in [0.15, 0.2) is 17.3 Å². The molecule has 0 amide bonds. The van der Waals surface area contributed by atoms with Gasteiger partial charge in [-0.3, -0.25) is 4.99 Å². The highest BCUT2D eigenvalue weighted by Crippen LogP contribution is 2.03. The summed E-state index contributed by atoms with van der Waals surface area (Å²) in [6.45, 7) is 0. The summed E-state index contributed by atoms with van der Waals surface area (Å²) in [5.74, 6) is 0. The molecule has 0 aliphatic carbocycles. The monoisotopic (exact) mass is 125 g/mol. The molecule has 1 atom stereocenters. The Hall–Kier alpha value is -0.630. The van der Waals surface area contributed by atoms with E-state index in [1.807, 2.05) is 12.4 Å². The summed E-state index contributed by atoms with van der Waals surface area (Å²) < 4.78 is 5.08. The minimum Gasteiger partial charge on any atom is -0.376 e. The summed E-state index contributed by atoms with van der Waals surface area (Å²) in [7, 11) is 1.71. The van der Waals surface area contributed by atoms with Crippen LogP contribution in [0.1, 0.15) is 12.8 Å². The highest BCUT2D eigenvalue weighted by molar-refractivity contribution is 5.64. The fourth-order valence-electron chi connectivity index (χ4n) is 0.795. The summed E-state index contributed by atoms with van der Waals surface area (Å²) in [6.07, 6.45) is 8.05. The van der Waals surface area contributed by atoms with E-state index in [1.54, 1.807) is 7.11 Å². The highest BCUT2D eigenvalue weighted by atomic mass is 16.5. The lowest BCUT2D eigenvalue weighted by molar-refractivity contribution is 0.153. The molecule has 1 rings (SSSR count). The summed E-state index contributed by atoms with van der Waals surface area (Å²) >= 11 is 0. The van der Waals surface area contributed by atoms with Crippen molar-refractivity contribution in [2.45, 2.75) is 18.9 Å². The van der Waals surface area contributed by atoms with E-state index in [4.69, 9.17) is 4.74 Å². The fourth-order valence-corrected chi connectivity index (χ4v) is 0.795. The zero-order valence-electron chi connectivity index (χ0n) is 5.58. The third-order valence-corrected chi connectivity index (χ3v) is 1.36. The van der Waals surface area contributed by atoms with Crippen molar-refractivity contribution in [1.29, 1.82) is 0 Å². The number of ether oxygens (including phenoxy) is 1. The fraction of sp³-hybridized carbons (Fsp3) is 0.571. The van der Waals surface area contributed by atoms with Gasteiger partial charge in [-0.15, -0.1) is 0 Å². The van der Waals surface area contributed by atoms with Crippen molar-refractivity contribution in [3.8, 4) is 0 Å². The first-order chi connectivity index (χ1) is 4.43. The second-order valence-electron chi connectivity index (χ2n) is 2.03. The van der Waals surface area contributed by atoms with Crippen LogP contribution < -0.4 is 0 Å². The second-order valence-corrected chi connectivity index (χ2v) is 2.03. The number of rotatable bonds is 1. The van der Waals surface area contributed by atoms with Crippen molar-refractivity contribution >= 4 is 6.21 Å². The third-order valence-electron chi connectivity index (χ3n) is 1.36. The molecule has 0 spiro atoms. The molecule has 1 unspecified atom stereocenters. The molecule has 0 aromatic carbocycles. The molecule has 0 radical (unpaired) electrons. The lowest BCUT2D eigenvalue weighted by atomic mass is 10.2. The summed E-state index contributed by atoms with van der Waals surface area (Å²) in [6, 6.07) is 0. The van der Waals surface area contributed by atoms with Crippen molar-refractivity contribution < 1.29 is 4.74 Å². The van der Waals surface area contributed by atoms with Crippen molar-refractivity contribution in [2.75, 3.05) is 7.11 Å². The molecular formula is C7H11NO. The van der Waals surface area contributed by atoms with Crippen LogP contribution >= 0.6 is 0 Å². The number of allylic oxidation sites excluding steroid dienone is 1. The molecule has 50 valence electrons. The van der Waals surface area contributed by atoms with Gasteiger partial charge in [0.1, 0.15) is 0 Å². The number of hydrogen-bond acceptors (Lipinski definition) is 2. The van der Waals surface area contributed by atoms with E-state index in [2.05, 4.69) is 11.1 Å². The van der Waals surface area contributed by atoms with Crippen LogP contribution in [0.25, 0.3) is 0 Å². The van der Waals surface area contributed by atoms with Gasteiger partial charge in [0.05, 0.1) is 6.10 Å². The predicted molar refractivity (Wildman–Crippen MR) is 37.7 cm³/mol. The SMILES string of the molecule is COC1C=NC=CCC1. The molecule has 1 aliphatic heterocycles. The molecule has 9 heavy (non-hydrogen) atoms. The molecule has 0 bridgehead atoms. The first kappa shape index (κ1) is 6.49. The first-order valence-electron chi connectivity index (χ1n) is 3.14. The van der Waals surface area contributed by atoms with E-state index in [9.17, 15) is 0 Å². The van der Waals surface area contributed by atoms with Crippen molar-refractivity contribution in [3.63, 3.8) is 0 Å². The summed E-state index contributed by atoms with van der Waals surface area (Å²) in [5, 5.41) is 0. The quantitative estimate of drug-likeness (QED) is 0.518. The second kappa shape index (κ2) is 3.41. The van der Waals surface area contributed by atoms with Crippen LogP contribution in [0.2, 0.25) is 0 Å². The lowest BCUT2D eigenvalue weighted by Gasteiger charge is -2.04. The van der Waals surface area contributed by atoms with Crippen LogP contribution in [0, 0.1) is 0 Å². The Labute approximate surface area is 55.2 Å². The number of nitrogens with zero attached hydrogens (tertiary/aromatic N) is 1. The summed E-state index contributed by atoms with van der Waals surface area (Å²) in [5.41, 5.74) is 0. The smallest absolute Gasteiger partial charge is 0.0925 e. The van der Waals surface area contributed by atoms with Gasteiger partial charge in [-0.1, -0.05) is 6.08 Å². The maximum atomic E-state index is 5.08. The summed E-state index contributed by atoms with van der Waals surface area (Å²) in [4.78, 5) is 3.99. The third kappa shape index (κ3) is 1.98. The molecule has 1 heterocycles. The van der Waals surface area contributed by atoms with E-state index in [0.29, 0.717) is 0 Å². The molecular weight excluding hydrogens is 114 g/mol. The van der Waals surface area contributed by atoms with Gasteiger partial charge in [-0.2, -0.15) is 0 Å². The highest BCUT2D eigenvalue weighted by Gasteiger charge is 2.02. The van der Waals surface area contributed by atoms with Crippen LogP contribution in [-0.2, 0) is 4.74 Å². The van der Waals surface area contributed by atoms with E-state index in [0.717, 1.165) is 12.8 Å². The Kier molecular flexibility index (Phi) is 2.46. The topological polar surface area (TPSA) is 21.6 Å². The standard InChI is InChI=1S/C7H11NO/c1-9-7-4-2-3-5-8-6-7/h3,5-7H,2,4H2,1H3. The molecule has 0 aromatic rings. The minimum atomic E-state index is 0.222. The molecule has 2 heteroatoms. The largest absolute Gasteiger partial charge is 0.376 e. The Bertz CT molecular complexity index is 129. The van der Waals surface area contributed by atoms with Gasteiger partial charge >= 0.3 is 0 Å². The molecule has 0 saturated heterocycles. The molecule has 1 aliphatic rings. The predicted octanol–water partition coefficient (Wildman–Crippen LogP) is 1.38. The Morgan fingerprint density at radius 2 is 2.56 bits per heavy atom. The van der Waals surface area contributed by atoms with Gasteiger partial charge in [0.25, 0.3) is 0 Å². The Morgan fingerprint density at radius 1 is 1.67 bits per heavy atom. The van der Waals surface area contributed by atoms with E-state index in [1.165, 1.54) is 0 Å². The van der Waals surface area contributed by atoms with Gasteiger partial charge in [0.15, 0.2) is 0 Å². The normalized spacial score (nSPS) is 26.1. The van der Waals surface area contributed by atoms with Crippen LogP contribution in [0.5, 0.6) is 0 Å².